The molecule has 1 heterocycles. The molecule has 0 aliphatic heterocycles. The lowest BCUT2D eigenvalue weighted by molar-refractivity contribution is 0.177. The Morgan fingerprint density at radius 1 is 1.38 bits per heavy atom. The monoisotopic (exact) mass is 202 g/mol. The molecule has 0 fully saturated rings. The van der Waals surface area contributed by atoms with Gasteiger partial charge in [-0.25, -0.2) is 0 Å². The van der Waals surface area contributed by atoms with Crippen molar-refractivity contribution in [3.05, 3.63) is 20.8 Å². The zero-order valence-electron chi connectivity index (χ0n) is 7.34. The molecule has 0 saturated carbocycles. The minimum atomic E-state index is -0.349. The van der Waals surface area contributed by atoms with Gasteiger partial charge in [-0.1, -0.05) is 0 Å². The second kappa shape index (κ2) is 4.20. The maximum atomic E-state index is 11.2. The fourth-order valence-electron chi connectivity index (χ4n) is 0.984. The van der Waals surface area contributed by atoms with Crippen LogP contribution in [0.5, 0.6) is 5.75 Å². The summed E-state index contributed by atoms with van der Waals surface area (Å²) in [5, 5.41) is 0. The summed E-state index contributed by atoms with van der Waals surface area (Å²) in [7, 11) is 2.94. The Labute approximate surface area is 79.7 Å². The molecule has 1 aromatic heterocycles. The van der Waals surface area contributed by atoms with Crippen LogP contribution in [0, 0.1) is 4.77 Å². The summed E-state index contributed by atoms with van der Waals surface area (Å²) >= 11 is 4.79. The summed E-state index contributed by atoms with van der Waals surface area (Å²) in [4.78, 5) is 16.4. The predicted molar refractivity (Wildman–Crippen MR) is 49.5 cm³/mol. The average Bonchev–Trinajstić information content (AvgIpc) is 2.04. The van der Waals surface area contributed by atoms with Crippen LogP contribution in [0.2, 0.25) is 0 Å². The first-order valence-corrected chi connectivity index (χ1v) is 3.98. The van der Waals surface area contributed by atoms with E-state index in [1.165, 1.54) is 14.2 Å². The van der Waals surface area contributed by atoms with Gasteiger partial charge in [-0.05, 0) is 12.2 Å². The van der Waals surface area contributed by atoms with Gasteiger partial charge in [-0.15, -0.1) is 0 Å². The van der Waals surface area contributed by atoms with Gasteiger partial charge in [0.25, 0.3) is 5.56 Å². The Kier molecular flexibility index (Phi) is 3.21. The lowest BCUT2D eigenvalue weighted by atomic mass is 10.4. The number of aromatic amines is 2. The van der Waals surface area contributed by atoms with Crippen LogP contribution in [0.25, 0.3) is 0 Å². The molecule has 0 atom stereocenters. The standard InChI is InChI=1S/C7H10N2O3S/c1-11-3-4-5(12-2)6(10)9-7(13)8-4/h3H2,1-2H3,(H2,8,9,10,13). The lowest BCUT2D eigenvalue weighted by Gasteiger charge is -2.05. The minimum absolute atomic E-state index is 0.204. The molecule has 0 amide bonds. The van der Waals surface area contributed by atoms with Crippen molar-refractivity contribution < 1.29 is 9.47 Å². The first-order valence-electron chi connectivity index (χ1n) is 3.57. The lowest BCUT2D eigenvalue weighted by Crippen LogP contribution is -2.14. The maximum Gasteiger partial charge on any atom is 0.294 e. The van der Waals surface area contributed by atoms with E-state index in [4.69, 9.17) is 21.7 Å². The maximum absolute atomic E-state index is 11.2. The Balaban J connectivity index is 3.29. The molecule has 0 aromatic carbocycles. The molecule has 0 aliphatic carbocycles. The predicted octanol–water partition coefficient (Wildman–Crippen LogP) is 0.587. The van der Waals surface area contributed by atoms with Gasteiger partial charge in [0.2, 0.25) is 5.75 Å². The third kappa shape index (κ3) is 2.16. The molecule has 13 heavy (non-hydrogen) atoms. The van der Waals surface area contributed by atoms with E-state index in [2.05, 4.69) is 9.97 Å². The molecule has 0 spiro atoms. The van der Waals surface area contributed by atoms with E-state index in [0.29, 0.717) is 5.69 Å². The number of H-pyrrole nitrogens is 2. The highest BCUT2D eigenvalue weighted by molar-refractivity contribution is 7.71. The summed E-state index contributed by atoms with van der Waals surface area (Å²) in [6.07, 6.45) is 0. The van der Waals surface area contributed by atoms with Crippen LogP contribution in [0.3, 0.4) is 0 Å². The van der Waals surface area contributed by atoms with Crippen molar-refractivity contribution in [3.63, 3.8) is 0 Å². The number of rotatable bonds is 3. The van der Waals surface area contributed by atoms with E-state index in [9.17, 15) is 4.79 Å². The topological polar surface area (TPSA) is 67.1 Å². The first kappa shape index (κ1) is 9.94. The van der Waals surface area contributed by atoms with Crippen LogP contribution in [0.15, 0.2) is 4.79 Å². The normalized spacial score (nSPS) is 10.0. The number of aromatic nitrogens is 2. The fourth-order valence-corrected chi connectivity index (χ4v) is 1.20. The second-order valence-electron chi connectivity index (χ2n) is 2.35. The Morgan fingerprint density at radius 3 is 2.62 bits per heavy atom. The van der Waals surface area contributed by atoms with Crippen molar-refractivity contribution in [2.75, 3.05) is 14.2 Å². The van der Waals surface area contributed by atoms with Gasteiger partial charge in [0.05, 0.1) is 19.4 Å². The molecular weight excluding hydrogens is 192 g/mol. The third-order valence-electron chi connectivity index (χ3n) is 1.46. The van der Waals surface area contributed by atoms with Crippen LogP contribution in [0.4, 0.5) is 0 Å². The number of methoxy groups -OCH3 is 2. The zero-order chi connectivity index (χ0) is 9.84. The quantitative estimate of drug-likeness (QED) is 0.704. The average molecular weight is 202 g/mol. The Bertz CT molecular complexity index is 395. The largest absolute Gasteiger partial charge is 0.490 e. The van der Waals surface area contributed by atoms with Gasteiger partial charge in [0.15, 0.2) is 4.77 Å². The first-order chi connectivity index (χ1) is 6.19. The summed E-state index contributed by atoms with van der Waals surface area (Å²) in [6.45, 7) is 0.261. The summed E-state index contributed by atoms with van der Waals surface area (Å²) in [6, 6.07) is 0. The van der Waals surface area contributed by atoms with Gasteiger partial charge < -0.3 is 14.5 Å². The Morgan fingerprint density at radius 2 is 2.08 bits per heavy atom. The van der Waals surface area contributed by atoms with Crippen molar-refractivity contribution in [2.45, 2.75) is 6.61 Å². The van der Waals surface area contributed by atoms with E-state index in [-0.39, 0.29) is 22.7 Å². The van der Waals surface area contributed by atoms with Crippen LogP contribution in [-0.4, -0.2) is 24.2 Å². The van der Waals surface area contributed by atoms with Crippen LogP contribution in [0.1, 0.15) is 5.69 Å². The molecule has 0 bridgehead atoms. The minimum Gasteiger partial charge on any atom is -0.490 e. The summed E-state index contributed by atoms with van der Waals surface area (Å²) < 4.78 is 10.0. The molecule has 2 N–H and O–H groups in total. The molecule has 72 valence electrons. The van der Waals surface area contributed by atoms with Gasteiger partial charge in [0, 0.05) is 7.11 Å². The van der Waals surface area contributed by atoms with E-state index in [1.807, 2.05) is 0 Å². The highest BCUT2D eigenvalue weighted by atomic mass is 32.1. The van der Waals surface area contributed by atoms with Gasteiger partial charge in [0.1, 0.15) is 0 Å². The molecule has 0 unspecified atom stereocenters. The molecule has 6 heteroatoms. The molecule has 5 nitrogen and oxygen atoms in total. The molecular formula is C7H10N2O3S. The smallest absolute Gasteiger partial charge is 0.294 e. The number of hydrogen-bond acceptors (Lipinski definition) is 4. The van der Waals surface area contributed by atoms with Crippen molar-refractivity contribution in [2.24, 2.45) is 0 Å². The fraction of sp³-hybridized carbons (Fsp3) is 0.429. The van der Waals surface area contributed by atoms with Crippen molar-refractivity contribution >= 4 is 12.2 Å². The molecule has 0 saturated heterocycles. The zero-order valence-corrected chi connectivity index (χ0v) is 8.16. The third-order valence-corrected chi connectivity index (χ3v) is 1.67. The van der Waals surface area contributed by atoms with Crippen molar-refractivity contribution in [3.8, 4) is 5.75 Å². The van der Waals surface area contributed by atoms with E-state index >= 15 is 0 Å². The number of nitrogens with one attached hydrogen (secondary N) is 2. The van der Waals surface area contributed by atoms with Crippen molar-refractivity contribution in [1.82, 2.24) is 9.97 Å². The van der Waals surface area contributed by atoms with Gasteiger partial charge >= 0.3 is 0 Å². The van der Waals surface area contributed by atoms with Gasteiger partial charge in [-0.3, -0.25) is 9.78 Å². The van der Waals surface area contributed by atoms with Gasteiger partial charge in [-0.2, -0.15) is 0 Å². The van der Waals surface area contributed by atoms with E-state index in [0.717, 1.165) is 0 Å². The van der Waals surface area contributed by atoms with Crippen LogP contribution < -0.4 is 10.3 Å². The molecule has 1 aromatic rings. The SMILES string of the molecule is COCc1[nH]c(=S)[nH]c(=O)c1OC. The Hall–Kier alpha value is -1.14. The van der Waals surface area contributed by atoms with Crippen LogP contribution in [-0.2, 0) is 11.3 Å². The summed E-state index contributed by atoms with van der Waals surface area (Å²) in [5.41, 5.74) is 0.192. The van der Waals surface area contributed by atoms with Crippen LogP contribution >= 0.6 is 12.2 Å². The highest BCUT2D eigenvalue weighted by Crippen LogP contribution is 2.08. The molecule has 0 aliphatic rings. The van der Waals surface area contributed by atoms with E-state index < -0.39 is 0 Å². The number of hydrogen-bond donors (Lipinski definition) is 2. The second-order valence-corrected chi connectivity index (χ2v) is 2.76. The van der Waals surface area contributed by atoms with Crippen molar-refractivity contribution in [1.29, 1.82) is 0 Å². The molecule has 1 rings (SSSR count). The summed E-state index contributed by atoms with van der Waals surface area (Å²) in [5.74, 6) is 0.204. The van der Waals surface area contributed by atoms with E-state index in [1.54, 1.807) is 0 Å². The number of ether oxygens (including phenoxy) is 2. The molecule has 0 radical (unpaired) electrons. The highest BCUT2D eigenvalue weighted by Gasteiger charge is 2.07.